The molecule has 2 rings (SSSR count). The number of hydrogen-bond donors (Lipinski definition) is 0. The average Bonchev–Trinajstić information content (AvgIpc) is 2.54. The zero-order valence-electron chi connectivity index (χ0n) is 10.8. The summed E-state index contributed by atoms with van der Waals surface area (Å²) in [6.07, 6.45) is 3.48. The van der Waals surface area contributed by atoms with Crippen molar-refractivity contribution in [3.63, 3.8) is 0 Å². The Balaban J connectivity index is 1.96. The van der Waals surface area contributed by atoms with Crippen LogP contribution in [0.5, 0.6) is 0 Å². The summed E-state index contributed by atoms with van der Waals surface area (Å²) in [5.41, 5.74) is 0. The molecule has 0 aromatic rings. The molecular formula is C13H22N2O2. The fraction of sp³-hybridized carbons (Fsp3) is 0.846. The van der Waals surface area contributed by atoms with Gasteiger partial charge in [0.05, 0.1) is 6.54 Å². The fourth-order valence-corrected chi connectivity index (χ4v) is 3.15. The number of nitrogens with zero attached hydrogens (tertiary/aromatic N) is 2. The Labute approximate surface area is 103 Å². The van der Waals surface area contributed by atoms with Crippen molar-refractivity contribution in [3.8, 4) is 0 Å². The smallest absolute Gasteiger partial charge is 0.236 e. The number of carbonyl (C=O) groups is 2. The minimum absolute atomic E-state index is 0.209. The van der Waals surface area contributed by atoms with Crippen molar-refractivity contribution in [2.24, 2.45) is 0 Å². The molecule has 0 saturated carbocycles. The van der Waals surface area contributed by atoms with Gasteiger partial charge in [-0.1, -0.05) is 0 Å². The maximum Gasteiger partial charge on any atom is 0.236 e. The summed E-state index contributed by atoms with van der Waals surface area (Å²) in [6.45, 7) is 6.07. The number of ketones is 1. The van der Waals surface area contributed by atoms with Crippen LogP contribution in [0, 0.1) is 0 Å². The van der Waals surface area contributed by atoms with Gasteiger partial charge in [0.1, 0.15) is 5.78 Å². The van der Waals surface area contributed by atoms with E-state index in [-0.39, 0.29) is 5.91 Å². The van der Waals surface area contributed by atoms with E-state index in [2.05, 4.69) is 4.90 Å². The quantitative estimate of drug-likeness (QED) is 0.735. The molecule has 0 aromatic carbocycles. The molecule has 0 radical (unpaired) electrons. The van der Waals surface area contributed by atoms with Gasteiger partial charge in [-0.3, -0.25) is 14.5 Å². The van der Waals surface area contributed by atoms with Crippen LogP contribution >= 0.6 is 0 Å². The summed E-state index contributed by atoms with van der Waals surface area (Å²) in [6, 6.07) is 0.668. The van der Waals surface area contributed by atoms with Gasteiger partial charge in [0, 0.05) is 38.0 Å². The van der Waals surface area contributed by atoms with E-state index in [1.165, 1.54) is 0 Å². The lowest BCUT2D eigenvalue weighted by molar-refractivity contribution is -0.135. The average molecular weight is 238 g/mol. The second-order valence-corrected chi connectivity index (χ2v) is 5.07. The first-order chi connectivity index (χ1) is 8.15. The lowest BCUT2D eigenvalue weighted by Gasteiger charge is -2.34. The van der Waals surface area contributed by atoms with Gasteiger partial charge in [0.25, 0.3) is 0 Å². The van der Waals surface area contributed by atoms with Crippen molar-refractivity contribution < 1.29 is 9.59 Å². The Bertz CT molecular complexity index is 297. The molecule has 2 heterocycles. The Morgan fingerprint density at radius 1 is 1.24 bits per heavy atom. The third-order valence-corrected chi connectivity index (χ3v) is 4.13. The predicted molar refractivity (Wildman–Crippen MR) is 65.7 cm³/mol. The molecule has 2 fully saturated rings. The summed E-state index contributed by atoms with van der Waals surface area (Å²) >= 11 is 0. The third kappa shape index (κ3) is 2.51. The first-order valence-electron chi connectivity index (χ1n) is 6.70. The molecule has 2 saturated heterocycles. The second-order valence-electron chi connectivity index (χ2n) is 5.07. The van der Waals surface area contributed by atoms with E-state index in [0.29, 0.717) is 37.3 Å². The zero-order chi connectivity index (χ0) is 12.4. The highest BCUT2D eigenvalue weighted by Gasteiger charge is 2.40. The van der Waals surface area contributed by atoms with Crippen molar-refractivity contribution in [1.82, 2.24) is 9.80 Å². The Morgan fingerprint density at radius 2 is 1.76 bits per heavy atom. The lowest BCUT2D eigenvalue weighted by Crippen LogP contribution is -2.48. The number of hydrogen-bond acceptors (Lipinski definition) is 3. The van der Waals surface area contributed by atoms with Crippen molar-refractivity contribution in [1.29, 1.82) is 0 Å². The van der Waals surface area contributed by atoms with E-state index in [1.54, 1.807) is 0 Å². The maximum absolute atomic E-state index is 12.1. The summed E-state index contributed by atoms with van der Waals surface area (Å²) < 4.78 is 0. The monoisotopic (exact) mass is 238 g/mol. The summed E-state index contributed by atoms with van der Waals surface area (Å²) in [4.78, 5) is 27.7. The van der Waals surface area contributed by atoms with E-state index < -0.39 is 0 Å². The molecule has 0 aromatic heterocycles. The predicted octanol–water partition coefficient (Wildman–Crippen LogP) is 1.05. The van der Waals surface area contributed by atoms with Gasteiger partial charge in [-0.15, -0.1) is 0 Å². The van der Waals surface area contributed by atoms with Crippen LogP contribution in [0.2, 0.25) is 0 Å². The standard InChI is InChI=1S/C13H22N2O2/c1-3-14(4-2)13(17)9-15-10-5-6-11(15)8-12(16)7-10/h10-11H,3-9H2,1-2H3. The number of amides is 1. The van der Waals surface area contributed by atoms with Crippen LogP contribution in [0.15, 0.2) is 0 Å². The minimum Gasteiger partial charge on any atom is -0.342 e. The highest BCUT2D eigenvalue weighted by atomic mass is 16.2. The molecule has 0 aliphatic carbocycles. The van der Waals surface area contributed by atoms with Crippen LogP contribution in [0.3, 0.4) is 0 Å². The molecule has 2 bridgehead atoms. The fourth-order valence-electron chi connectivity index (χ4n) is 3.15. The van der Waals surface area contributed by atoms with E-state index in [4.69, 9.17) is 0 Å². The molecular weight excluding hydrogens is 216 g/mol. The number of Topliss-reactive ketones (excluding diaryl/α,β-unsaturated/α-hetero) is 1. The summed E-state index contributed by atoms with van der Waals surface area (Å²) in [5.74, 6) is 0.588. The summed E-state index contributed by atoms with van der Waals surface area (Å²) in [5, 5.41) is 0. The molecule has 4 nitrogen and oxygen atoms in total. The van der Waals surface area contributed by atoms with Crippen molar-refractivity contribution in [3.05, 3.63) is 0 Å². The first kappa shape index (κ1) is 12.6. The van der Waals surface area contributed by atoms with Crippen LogP contribution in [-0.4, -0.2) is 53.2 Å². The molecule has 96 valence electrons. The highest BCUT2D eigenvalue weighted by Crippen LogP contribution is 2.33. The second kappa shape index (κ2) is 5.17. The highest BCUT2D eigenvalue weighted by molar-refractivity contribution is 5.82. The van der Waals surface area contributed by atoms with Crippen molar-refractivity contribution in [2.45, 2.75) is 51.6 Å². The van der Waals surface area contributed by atoms with Crippen LogP contribution in [0.4, 0.5) is 0 Å². The Hall–Kier alpha value is -0.900. The summed E-state index contributed by atoms with van der Waals surface area (Å²) in [7, 11) is 0. The molecule has 2 unspecified atom stereocenters. The SMILES string of the molecule is CCN(CC)C(=O)CN1C2CCC1CC(=O)C2. The van der Waals surface area contributed by atoms with E-state index in [0.717, 1.165) is 25.9 Å². The molecule has 2 aliphatic rings. The molecule has 0 N–H and O–H groups in total. The topological polar surface area (TPSA) is 40.6 Å². The Morgan fingerprint density at radius 3 is 2.24 bits per heavy atom. The van der Waals surface area contributed by atoms with Crippen molar-refractivity contribution >= 4 is 11.7 Å². The van der Waals surface area contributed by atoms with Gasteiger partial charge < -0.3 is 4.90 Å². The molecule has 2 atom stereocenters. The molecule has 0 spiro atoms. The number of carbonyl (C=O) groups excluding carboxylic acids is 2. The van der Waals surface area contributed by atoms with Gasteiger partial charge in [-0.05, 0) is 26.7 Å². The third-order valence-electron chi connectivity index (χ3n) is 4.13. The number of rotatable bonds is 4. The Kier molecular flexibility index (Phi) is 3.82. The van der Waals surface area contributed by atoms with E-state index >= 15 is 0 Å². The molecule has 4 heteroatoms. The van der Waals surface area contributed by atoms with Crippen LogP contribution in [0.1, 0.15) is 39.5 Å². The van der Waals surface area contributed by atoms with Crippen molar-refractivity contribution in [2.75, 3.05) is 19.6 Å². The minimum atomic E-state index is 0.209. The number of piperidine rings is 1. The molecule has 17 heavy (non-hydrogen) atoms. The van der Waals surface area contributed by atoms with Gasteiger partial charge in [-0.25, -0.2) is 0 Å². The largest absolute Gasteiger partial charge is 0.342 e. The van der Waals surface area contributed by atoms with Crippen LogP contribution in [0.25, 0.3) is 0 Å². The van der Waals surface area contributed by atoms with Gasteiger partial charge in [0.15, 0.2) is 0 Å². The number of likely N-dealkylation sites (N-methyl/N-ethyl adjacent to an activating group) is 1. The van der Waals surface area contributed by atoms with Crippen LogP contribution in [-0.2, 0) is 9.59 Å². The first-order valence-corrected chi connectivity index (χ1v) is 6.70. The van der Waals surface area contributed by atoms with Gasteiger partial charge in [-0.2, -0.15) is 0 Å². The molecule has 2 aliphatic heterocycles. The maximum atomic E-state index is 12.1. The normalized spacial score (nSPS) is 28.5. The van der Waals surface area contributed by atoms with E-state index in [9.17, 15) is 9.59 Å². The van der Waals surface area contributed by atoms with Gasteiger partial charge >= 0.3 is 0 Å². The number of fused-ring (bicyclic) bond motifs is 2. The van der Waals surface area contributed by atoms with E-state index in [1.807, 2.05) is 18.7 Å². The molecule has 1 amide bonds. The lowest BCUT2D eigenvalue weighted by atomic mass is 10.0. The zero-order valence-corrected chi connectivity index (χ0v) is 10.8. The van der Waals surface area contributed by atoms with Gasteiger partial charge in [0.2, 0.25) is 5.91 Å². The van der Waals surface area contributed by atoms with Crippen LogP contribution < -0.4 is 0 Å².